The largest absolute Gasteiger partial charge is 0.497 e. The fraction of sp³-hybridized carbons (Fsp3) is 0.478. The van der Waals surface area contributed by atoms with Gasteiger partial charge in [0.1, 0.15) is 17.7 Å². The molecule has 0 aromatic heterocycles. The number of likely N-dealkylation sites (N-methyl/N-ethyl adjacent to an activating group) is 1. The summed E-state index contributed by atoms with van der Waals surface area (Å²) in [5, 5.41) is 0. The Bertz CT molecular complexity index is 1020. The zero-order chi connectivity index (χ0) is 21.5. The second-order valence-corrected chi connectivity index (χ2v) is 9.87. The van der Waals surface area contributed by atoms with Crippen LogP contribution < -0.4 is 9.47 Å². The highest BCUT2D eigenvalue weighted by Crippen LogP contribution is 2.50. The highest BCUT2D eigenvalue weighted by Gasteiger charge is 2.51. The van der Waals surface area contributed by atoms with Crippen LogP contribution in [-0.4, -0.2) is 53.1 Å². The number of benzene rings is 2. The van der Waals surface area contributed by atoms with Gasteiger partial charge >= 0.3 is 0 Å². The van der Waals surface area contributed by atoms with Crippen LogP contribution in [-0.2, 0) is 27.1 Å². The number of methoxy groups -OCH3 is 2. The highest BCUT2D eigenvalue weighted by atomic mass is 32.2. The van der Waals surface area contributed by atoms with Crippen molar-refractivity contribution in [3.8, 4) is 11.5 Å². The average molecular weight is 432 g/mol. The number of fused-ring (bicyclic) bond motifs is 3. The van der Waals surface area contributed by atoms with Crippen LogP contribution in [0.5, 0.6) is 11.5 Å². The molecule has 1 aliphatic carbocycles. The van der Waals surface area contributed by atoms with Crippen molar-refractivity contribution in [2.75, 3.05) is 27.5 Å². The fourth-order valence-corrected chi connectivity index (χ4v) is 5.78. The van der Waals surface area contributed by atoms with Crippen molar-refractivity contribution in [2.45, 2.75) is 37.5 Å². The maximum Gasteiger partial charge on any atom is 0.265 e. The van der Waals surface area contributed by atoms with Crippen molar-refractivity contribution in [3.63, 3.8) is 0 Å². The minimum absolute atomic E-state index is 0.00464. The zero-order valence-electron chi connectivity index (χ0n) is 17.9. The van der Waals surface area contributed by atoms with E-state index in [4.69, 9.17) is 13.7 Å². The Balaban J connectivity index is 1.71. The van der Waals surface area contributed by atoms with Gasteiger partial charge in [-0.2, -0.15) is 8.42 Å². The first-order valence-electron chi connectivity index (χ1n) is 10.2. The lowest BCUT2D eigenvalue weighted by Crippen LogP contribution is -2.38. The summed E-state index contributed by atoms with van der Waals surface area (Å²) < 4.78 is 40.6. The first-order valence-corrected chi connectivity index (χ1v) is 12.0. The molecule has 0 spiro atoms. The SMILES string of the molecule is COc1cccc(CC2C3CCc4cc(OC)ccc4C3C(OS(C)(=O)=O)N2C)c1. The lowest BCUT2D eigenvalue weighted by molar-refractivity contribution is 0.0563. The monoisotopic (exact) mass is 431 g/mol. The molecule has 1 aliphatic heterocycles. The molecule has 6 nitrogen and oxygen atoms in total. The molecule has 4 unspecified atom stereocenters. The quantitative estimate of drug-likeness (QED) is 0.655. The predicted octanol–water partition coefficient (Wildman–Crippen LogP) is 3.21. The smallest absolute Gasteiger partial charge is 0.265 e. The van der Waals surface area contributed by atoms with Gasteiger partial charge in [-0.05, 0) is 73.2 Å². The standard InChI is InChI=1S/C23H29NO5S/c1-24-21(13-15-6-5-7-17(12-15)27-2)20-10-8-16-14-18(28-3)9-11-19(16)22(20)23(24)29-30(4,25)26/h5-7,9,11-12,14,20-23H,8,10,13H2,1-4H3. The summed E-state index contributed by atoms with van der Waals surface area (Å²) in [5.74, 6) is 1.95. The van der Waals surface area contributed by atoms with Crippen LogP contribution in [0.4, 0.5) is 0 Å². The van der Waals surface area contributed by atoms with Crippen LogP contribution in [0.25, 0.3) is 0 Å². The third-order valence-corrected chi connectivity index (χ3v) is 7.04. The number of rotatable bonds is 6. The van der Waals surface area contributed by atoms with Crippen LogP contribution in [0.1, 0.15) is 29.0 Å². The molecule has 4 rings (SSSR count). The molecule has 0 radical (unpaired) electrons. The average Bonchev–Trinajstić information content (AvgIpc) is 2.98. The normalized spacial score (nSPS) is 26.1. The maximum atomic E-state index is 12.1. The van der Waals surface area contributed by atoms with Crippen LogP contribution >= 0.6 is 0 Å². The van der Waals surface area contributed by atoms with Gasteiger partial charge in [-0.15, -0.1) is 0 Å². The Morgan fingerprint density at radius 2 is 1.80 bits per heavy atom. The number of ether oxygens (including phenoxy) is 2. The highest BCUT2D eigenvalue weighted by molar-refractivity contribution is 7.86. The van der Waals surface area contributed by atoms with Crippen LogP contribution in [0.3, 0.4) is 0 Å². The minimum atomic E-state index is -3.60. The van der Waals surface area contributed by atoms with E-state index in [2.05, 4.69) is 29.2 Å². The van der Waals surface area contributed by atoms with Gasteiger partial charge in [0.2, 0.25) is 0 Å². The van der Waals surface area contributed by atoms with E-state index in [-0.39, 0.29) is 12.0 Å². The zero-order valence-corrected chi connectivity index (χ0v) is 18.7. The lowest BCUT2D eigenvalue weighted by Gasteiger charge is -2.32. The summed E-state index contributed by atoms with van der Waals surface area (Å²) in [6.07, 6.45) is 3.34. The summed E-state index contributed by atoms with van der Waals surface area (Å²) >= 11 is 0. The van der Waals surface area contributed by atoms with Crippen molar-refractivity contribution in [1.82, 2.24) is 4.90 Å². The number of hydrogen-bond donors (Lipinski definition) is 0. The third-order valence-electron chi connectivity index (χ3n) is 6.50. The molecule has 1 fully saturated rings. The Labute approximate surface area is 178 Å². The fourth-order valence-electron chi connectivity index (χ4n) is 5.17. The van der Waals surface area contributed by atoms with E-state index in [1.165, 1.54) is 16.7 Å². The number of likely N-dealkylation sites (tertiary alicyclic amines) is 1. The summed E-state index contributed by atoms with van der Waals surface area (Å²) in [6.45, 7) is 0. The van der Waals surface area contributed by atoms with Gasteiger partial charge in [-0.1, -0.05) is 18.2 Å². The van der Waals surface area contributed by atoms with Crippen molar-refractivity contribution in [2.24, 2.45) is 5.92 Å². The first kappa shape index (κ1) is 21.2. The topological polar surface area (TPSA) is 65.1 Å². The van der Waals surface area contributed by atoms with Crippen LogP contribution in [0, 0.1) is 5.92 Å². The van der Waals surface area contributed by atoms with E-state index in [9.17, 15) is 8.42 Å². The van der Waals surface area contributed by atoms with Gasteiger partial charge in [0.15, 0.2) is 0 Å². The third kappa shape index (κ3) is 4.06. The molecule has 2 aromatic rings. The van der Waals surface area contributed by atoms with Crippen molar-refractivity contribution in [1.29, 1.82) is 0 Å². The molecular formula is C23H29NO5S. The first-order chi connectivity index (χ1) is 14.3. The molecule has 0 N–H and O–H groups in total. The lowest BCUT2D eigenvalue weighted by atomic mass is 9.73. The predicted molar refractivity (Wildman–Crippen MR) is 116 cm³/mol. The second kappa shape index (κ2) is 8.21. The molecule has 2 aliphatic rings. The molecule has 2 aromatic carbocycles. The Morgan fingerprint density at radius 1 is 1.07 bits per heavy atom. The van der Waals surface area contributed by atoms with E-state index in [1.807, 2.05) is 25.2 Å². The van der Waals surface area contributed by atoms with Crippen molar-refractivity contribution >= 4 is 10.1 Å². The molecule has 0 amide bonds. The molecule has 0 saturated carbocycles. The van der Waals surface area contributed by atoms with Gasteiger partial charge in [0, 0.05) is 12.0 Å². The van der Waals surface area contributed by atoms with Crippen molar-refractivity contribution in [3.05, 3.63) is 59.2 Å². The Morgan fingerprint density at radius 3 is 2.50 bits per heavy atom. The maximum absolute atomic E-state index is 12.1. The number of nitrogens with zero attached hydrogens (tertiary/aromatic N) is 1. The van der Waals surface area contributed by atoms with E-state index in [1.54, 1.807) is 14.2 Å². The van der Waals surface area contributed by atoms with Gasteiger partial charge in [-0.3, -0.25) is 9.08 Å². The van der Waals surface area contributed by atoms with Crippen LogP contribution in [0.15, 0.2) is 42.5 Å². The summed E-state index contributed by atoms with van der Waals surface area (Å²) in [7, 11) is 1.70. The summed E-state index contributed by atoms with van der Waals surface area (Å²) in [6, 6.07) is 14.3. The number of hydrogen-bond acceptors (Lipinski definition) is 6. The Hall–Kier alpha value is -2.09. The van der Waals surface area contributed by atoms with Gasteiger partial charge in [0.05, 0.1) is 20.5 Å². The van der Waals surface area contributed by atoms with E-state index < -0.39 is 16.3 Å². The molecule has 162 valence electrons. The summed E-state index contributed by atoms with van der Waals surface area (Å²) in [4.78, 5) is 2.11. The Kier molecular flexibility index (Phi) is 5.79. The molecule has 1 heterocycles. The molecule has 7 heteroatoms. The molecule has 30 heavy (non-hydrogen) atoms. The van der Waals surface area contributed by atoms with Crippen molar-refractivity contribution < 1.29 is 22.1 Å². The molecule has 4 atom stereocenters. The van der Waals surface area contributed by atoms with E-state index in [0.29, 0.717) is 5.92 Å². The van der Waals surface area contributed by atoms with E-state index in [0.717, 1.165) is 37.0 Å². The molecule has 0 bridgehead atoms. The van der Waals surface area contributed by atoms with Gasteiger partial charge in [-0.25, -0.2) is 0 Å². The summed E-state index contributed by atoms with van der Waals surface area (Å²) in [5.41, 5.74) is 3.55. The van der Waals surface area contributed by atoms with Gasteiger partial charge in [0.25, 0.3) is 10.1 Å². The number of aryl methyl sites for hydroxylation is 1. The second-order valence-electron chi connectivity index (χ2n) is 8.27. The molecular weight excluding hydrogens is 402 g/mol. The minimum Gasteiger partial charge on any atom is -0.497 e. The van der Waals surface area contributed by atoms with E-state index >= 15 is 0 Å². The molecule has 1 saturated heterocycles. The van der Waals surface area contributed by atoms with Gasteiger partial charge < -0.3 is 9.47 Å². The van der Waals surface area contributed by atoms with Crippen LogP contribution in [0.2, 0.25) is 0 Å².